The van der Waals surface area contributed by atoms with Crippen molar-refractivity contribution >= 4 is 34.0 Å². The van der Waals surface area contributed by atoms with Crippen molar-refractivity contribution in [2.75, 3.05) is 5.73 Å². The van der Waals surface area contributed by atoms with Gasteiger partial charge in [-0.25, -0.2) is 10.1 Å². The number of tetrazole rings is 1. The smallest absolute Gasteiger partial charge is 0.261 e. The monoisotopic (exact) mass is 429 g/mol. The van der Waals surface area contributed by atoms with E-state index >= 15 is 0 Å². The number of aromatic nitrogens is 4. The summed E-state index contributed by atoms with van der Waals surface area (Å²) in [7, 11) is 0. The Balaban J connectivity index is 1.63. The summed E-state index contributed by atoms with van der Waals surface area (Å²) in [6.45, 7) is 0.292. The number of carbonyl (C=O) groups is 1. The molecule has 27 heavy (non-hydrogen) atoms. The van der Waals surface area contributed by atoms with Gasteiger partial charge in [0.15, 0.2) is 0 Å². The summed E-state index contributed by atoms with van der Waals surface area (Å²) in [5.74, 6) is 0.287. The molecule has 138 valence electrons. The van der Waals surface area contributed by atoms with Gasteiger partial charge in [-0.3, -0.25) is 4.79 Å². The molecule has 1 heterocycles. The third-order valence-corrected chi connectivity index (χ3v) is 3.95. The first-order valence-electron chi connectivity index (χ1n) is 7.91. The molecule has 2 aromatic carbocycles. The molecule has 0 atom stereocenters. The van der Waals surface area contributed by atoms with E-state index in [0.29, 0.717) is 17.9 Å². The molecule has 0 spiro atoms. The maximum absolute atomic E-state index is 11.9. The minimum atomic E-state index is -0.410. The lowest BCUT2D eigenvalue weighted by Gasteiger charge is -2.09. The fourth-order valence-electron chi connectivity index (χ4n) is 2.16. The van der Waals surface area contributed by atoms with E-state index in [1.54, 1.807) is 0 Å². The highest BCUT2D eigenvalue weighted by molar-refractivity contribution is 9.10. The van der Waals surface area contributed by atoms with Gasteiger partial charge >= 0.3 is 0 Å². The Labute approximate surface area is 163 Å². The molecular formula is C17H16BrN7O2. The fourth-order valence-corrected chi connectivity index (χ4v) is 2.54. The number of rotatable bonds is 7. The normalized spacial score (nSPS) is 10.9. The van der Waals surface area contributed by atoms with E-state index in [1.807, 2.05) is 48.5 Å². The molecule has 0 bridgehead atoms. The molecule has 0 fully saturated rings. The molecule has 0 saturated heterocycles. The second kappa shape index (κ2) is 8.90. The number of nitrogen functional groups attached to an aromatic ring is 1. The summed E-state index contributed by atoms with van der Waals surface area (Å²) in [6.07, 6.45) is 1.51. The standard InChI is InChI=1S/C17H16BrN7O2/c18-14-6-7-15(27-11-12-4-2-1-3-5-12)13(8-14)9-20-21-16(26)10-25-17(19)22-23-24-25/h1-9H,10-11H2,(H,21,26)(H2,19,22,24). The van der Waals surface area contributed by atoms with Crippen LogP contribution in [0.3, 0.4) is 0 Å². The van der Waals surface area contributed by atoms with Crippen molar-refractivity contribution in [1.29, 1.82) is 0 Å². The van der Waals surface area contributed by atoms with E-state index in [2.05, 4.69) is 42.0 Å². The van der Waals surface area contributed by atoms with Crippen LogP contribution in [-0.4, -0.2) is 32.3 Å². The van der Waals surface area contributed by atoms with Crippen LogP contribution in [0.4, 0.5) is 5.95 Å². The van der Waals surface area contributed by atoms with Crippen LogP contribution < -0.4 is 15.9 Å². The Kier molecular flexibility index (Phi) is 6.10. The van der Waals surface area contributed by atoms with Crippen LogP contribution >= 0.6 is 15.9 Å². The summed E-state index contributed by atoms with van der Waals surface area (Å²) < 4.78 is 7.89. The molecular weight excluding hydrogens is 414 g/mol. The largest absolute Gasteiger partial charge is 0.488 e. The highest BCUT2D eigenvalue weighted by Gasteiger charge is 2.07. The second-order valence-corrected chi connectivity index (χ2v) is 6.36. The first kappa shape index (κ1) is 18.5. The number of benzene rings is 2. The molecule has 9 nitrogen and oxygen atoms in total. The quantitative estimate of drug-likeness (QED) is 0.435. The number of nitrogens with zero attached hydrogens (tertiary/aromatic N) is 5. The molecule has 10 heteroatoms. The Hall–Kier alpha value is -3.27. The summed E-state index contributed by atoms with van der Waals surface area (Å²) in [5.41, 5.74) is 9.68. The van der Waals surface area contributed by atoms with E-state index in [1.165, 1.54) is 10.9 Å². The predicted octanol–water partition coefficient (Wildman–Crippen LogP) is 1.75. The maximum Gasteiger partial charge on any atom is 0.261 e. The Morgan fingerprint density at radius 3 is 2.85 bits per heavy atom. The average molecular weight is 430 g/mol. The molecule has 0 saturated carbocycles. The SMILES string of the molecule is Nc1nnnn1CC(=O)NN=Cc1cc(Br)ccc1OCc1ccccc1. The van der Waals surface area contributed by atoms with E-state index in [9.17, 15) is 4.79 Å². The van der Waals surface area contributed by atoms with Crippen molar-refractivity contribution in [2.24, 2.45) is 5.10 Å². The summed E-state index contributed by atoms with van der Waals surface area (Å²) >= 11 is 3.42. The topological polar surface area (TPSA) is 120 Å². The number of hydrogen-bond acceptors (Lipinski definition) is 7. The highest BCUT2D eigenvalue weighted by Crippen LogP contribution is 2.22. The molecule has 1 aromatic heterocycles. The van der Waals surface area contributed by atoms with E-state index in [-0.39, 0.29) is 12.5 Å². The first-order chi connectivity index (χ1) is 13.1. The van der Waals surface area contributed by atoms with Crippen LogP contribution in [0.1, 0.15) is 11.1 Å². The number of hydrazone groups is 1. The van der Waals surface area contributed by atoms with Gasteiger partial charge in [0.2, 0.25) is 5.95 Å². The maximum atomic E-state index is 11.9. The lowest BCUT2D eigenvalue weighted by atomic mass is 10.2. The minimum absolute atomic E-state index is 0.0534. The molecule has 0 radical (unpaired) electrons. The van der Waals surface area contributed by atoms with Gasteiger partial charge in [0.05, 0.1) is 6.21 Å². The van der Waals surface area contributed by atoms with Crippen LogP contribution in [0.25, 0.3) is 0 Å². The van der Waals surface area contributed by atoms with Gasteiger partial charge in [-0.05, 0) is 34.2 Å². The van der Waals surface area contributed by atoms with Crippen LogP contribution in [0.2, 0.25) is 0 Å². The molecule has 3 rings (SSSR count). The number of carbonyl (C=O) groups excluding carboxylic acids is 1. The zero-order chi connectivity index (χ0) is 19.1. The molecule has 3 aromatic rings. The van der Waals surface area contributed by atoms with Crippen molar-refractivity contribution < 1.29 is 9.53 Å². The predicted molar refractivity (Wildman–Crippen MR) is 103 cm³/mol. The van der Waals surface area contributed by atoms with Crippen molar-refractivity contribution in [3.05, 3.63) is 64.1 Å². The van der Waals surface area contributed by atoms with Crippen LogP contribution in [0, 0.1) is 0 Å². The Bertz CT molecular complexity index is 943. The number of amides is 1. The first-order valence-corrected chi connectivity index (χ1v) is 8.71. The molecule has 3 N–H and O–H groups in total. The molecule has 0 unspecified atom stereocenters. The Morgan fingerprint density at radius 2 is 2.11 bits per heavy atom. The zero-order valence-corrected chi connectivity index (χ0v) is 15.7. The minimum Gasteiger partial charge on any atom is -0.488 e. The molecule has 0 aliphatic heterocycles. The third kappa shape index (κ3) is 5.35. The lowest BCUT2D eigenvalue weighted by molar-refractivity contribution is -0.121. The van der Waals surface area contributed by atoms with Crippen molar-refractivity contribution in [3.8, 4) is 5.75 Å². The summed E-state index contributed by atoms with van der Waals surface area (Å²) in [5, 5.41) is 14.4. The van der Waals surface area contributed by atoms with E-state index < -0.39 is 5.91 Å². The van der Waals surface area contributed by atoms with Gasteiger partial charge in [-0.2, -0.15) is 5.10 Å². The van der Waals surface area contributed by atoms with Crippen molar-refractivity contribution in [3.63, 3.8) is 0 Å². The number of hydrogen-bond donors (Lipinski definition) is 2. The van der Waals surface area contributed by atoms with Gasteiger partial charge in [-0.1, -0.05) is 51.4 Å². The van der Waals surface area contributed by atoms with Gasteiger partial charge < -0.3 is 10.5 Å². The van der Waals surface area contributed by atoms with Crippen molar-refractivity contribution in [2.45, 2.75) is 13.2 Å². The zero-order valence-electron chi connectivity index (χ0n) is 14.1. The molecule has 1 amide bonds. The second-order valence-electron chi connectivity index (χ2n) is 5.44. The van der Waals surface area contributed by atoms with Crippen LogP contribution in [-0.2, 0) is 17.9 Å². The molecule has 0 aliphatic carbocycles. The number of halogens is 1. The highest BCUT2D eigenvalue weighted by atomic mass is 79.9. The number of nitrogens with two attached hydrogens (primary N) is 1. The summed E-state index contributed by atoms with van der Waals surface area (Å²) in [4.78, 5) is 11.9. The number of anilines is 1. The number of ether oxygens (including phenoxy) is 1. The number of nitrogens with one attached hydrogen (secondary N) is 1. The van der Waals surface area contributed by atoms with Gasteiger partial charge in [0.25, 0.3) is 5.91 Å². The Morgan fingerprint density at radius 1 is 1.30 bits per heavy atom. The average Bonchev–Trinajstić information content (AvgIpc) is 3.06. The van der Waals surface area contributed by atoms with Crippen LogP contribution in [0.5, 0.6) is 5.75 Å². The van der Waals surface area contributed by atoms with Gasteiger partial charge in [0.1, 0.15) is 18.9 Å². The lowest BCUT2D eigenvalue weighted by Crippen LogP contribution is -2.24. The van der Waals surface area contributed by atoms with Gasteiger partial charge in [0, 0.05) is 10.0 Å². The fraction of sp³-hybridized carbons (Fsp3) is 0.118. The van der Waals surface area contributed by atoms with Crippen LogP contribution in [0.15, 0.2) is 58.1 Å². The molecule has 0 aliphatic rings. The van der Waals surface area contributed by atoms with E-state index in [0.717, 1.165) is 10.0 Å². The summed E-state index contributed by atoms with van der Waals surface area (Å²) in [6, 6.07) is 15.4. The van der Waals surface area contributed by atoms with Gasteiger partial charge in [-0.15, -0.1) is 0 Å². The van der Waals surface area contributed by atoms with E-state index in [4.69, 9.17) is 10.5 Å². The van der Waals surface area contributed by atoms with Crippen molar-refractivity contribution in [1.82, 2.24) is 25.6 Å². The third-order valence-electron chi connectivity index (χ3n) is 3.45.